The van der Waals surface area contributed by atoms with Gasteiger partial charge in [-0.25, -0.2) is 14.8 Å². The highest BCUT2D eigenvalue weighted by Gasteiger charge is 2.22. The molecule has 0 saturated heterocycles. The van der Waals surface area contributed by atoms with Gasteiger partial charge in [-0.3, -0.25) is 15.2 Å². The fourth-order valence-electron chi connectivity index (χ4n) is 3.28. The number of anilines is 1. The molecule has 2 heterocycles. The minimum atomic E-state index is -0.833. The van der Waals surface area contributed by atoms with Crippen molar-refractivity contribution in [2.75, 3.05) is 12.4 Å². The molecule has 190 valence electrons. The maximum Gasteiger partial charge on any atom is 0.350 e. The van der Waals surface area contributed by atoms with Gasteiger partial charge in [0.2, 0.25) is 0 Å². The van der Waals surface area contributed by atoms with Crippen LogP contribution >= 0.6 is 0 Å². The first-order chi connectivity index (χ1) is 17.7. The van der Waals surface area contributed by atoms with Crippen molar-refractivity contribution in [3.8, 4) is 11.7 Å². The lowest BCUT2D eigenvalue weighted by molar-refractivity contribution is -0.134. The number of nitrogens with zero attached hydrogens (tertiary/aromatic N) is 4. The van der Waals surface area contributed by atoms with E-state index >= 15 is 0 Å². The first-order valence-corrected chi connectivity index (χ1v) is 10.9. The van der Waals surface area contributed by atoms with Crippen molar-refractivity contribution in [1.82, 2.24) is 24.7 Å². The second-order valence-corrected chi connectivity index (χ2v) is 7.61. The van der Waals surface area contributed by atoms with Crippen molar-refractivity contribution in [3.05, 3.63) is 101 Å². The minimum absolute atomic E-state index is 0.0209. The van der Waals surface area contributed by atoms with Crippen LogP contribution in [0.25, 0.3) is 12.0 Å². The predicted octanol–water partition coefficient (Wildman–Crippen LogP) is 2.58. The van der Waals surface area contributed by atoms with Crippen LogP contribution in [0, 0.1) is 5.41 Å². The standard InChI is InChI=1S/C23H22N8O2.C2H4O2/c1-3-14-11-16(13-18(12-14)33-2)19(28-17-7-5-15(6-8-17)20(24)25)21-29-23(32)31(30-21)22-26-9-4-10-27-22;1-2(3)4/h3-13,19,28H,1H2,2H3,(H3,24,25)(H,29,30,32);1H3,(H,3,4). The number of nitrogens with two attached hydrogens (primary N) is 1. The number of aromatic nitrogens is 5. The quantitative estimate of drug-likeness (QED) is 0.178. The van der Waals surface area contributed by atoms with E-state index in [0.29, 0.717) is 17.1 Å². The molecule has 2 aromatic heterocycles. The van der Waals surface area contributed by atoms with Gasteiger partial charge in [0, 0.05) is 30.6 Å². The van der Waals surface area contributed by atoms with E-state index in [2.05, 4.69) is 31.9 Å². The molecule has 0 saturated carbocycles. The van der Waals surface area contributed by atoms with E-state index in [0.717, 1.165) is 28.4 Å². The van der Waals surface area contributed by atoms with Crippen LogP contribution in [0.1, 0.15) is 35.5 Å². The number of hydrogen-bond donors (Lipinski definition) is 5. The SMILES string of the molecule is C=Cc1cc(OC)cc(C(Nc2ccc(C(=N)N)cc2)c2nn(-c3ncccn3)c(=O)[nH]2)c1.CC(=O)O. The van der Waals surface area contributed by atoms with Gasteiger partial charge in [-0.15, -0.1) is 9.78 Å². The Bertz CT molecular complexity index is 1440. The molecule has 0 radical (unpaired) electrons. The van der Waals surface area contributed by atoms with E-state index in [1.807, 2.05) is 18.2 Å². The second-order valence-electron chi connectivity index (χ2n) is 7.61. The maximum absolute atomic E-state index is 12.7. The molecular weight excluding hydrogens is 476 g/mol. The number of nitrogens with one attached hydrogen (secondary N) is 3. The lowest BCUT2D eigenvalue weighted by Crippen LogP contribution is -2.18. The summed E-state index contributed by atoms with van der Waals surface area (Å²) in [6, 6.07) is 13.8. The molecule has 0 aliphatic carbocycles. The third-order valence-electron chi connectivity index (χ3n) is 4.91. The largest absolute Gasteiger partial charge is 0.497 e. The van der Waals surface area contributed by atoms with Crippen LogP contribution in [0.15, 0.2) is 72.3 Å². The number of carboxylic acid groups (broad SMARTS) is 1. The Hall–Kier alpha value is -5.26. The molecule has 1 atom stereocenters. The fraction of sp³-hybridized carbons (Fsp3) is 0.120. The number of rotatable bonds is 8. The summed E-state index contributed by atoms with van der Waals surface area (Å²) < 4.78 is 6.55. The number of hydrogen-bond acceptors (Lipinski definition) is 8. The molecule has 0 aliphatic heterocycles. The number of aromatic amines is 1. The Morgan fingerprint density at radius 2 is 1.89 bits per heavy atom. The maximum atomic E-state index is 12.7. The number of ether oxygens (including phenoxy) is 1. The van der Waals surface area contributed by atoms with Gasteiger partial charge in [0.05, 0.1) is 7.11 Å². The van der Waals surface area contributed by atoms with Gasteiger partial charge in [0.15, 0.2) is 5.82 Å². The van der Waals surface area contributed by atoms with Crippen molar-refractivity contribution in [2.45, 2.75) is 13.0 Å². The highest BCUT2D eigenvalue weighted by atomic mass is 16.5. The molecule has 0 aliphatic rings. The van der Waals surface area contributed by atoms with E-state index in [1.54, 1.807) is 43.5 Å². The van der Waals surface area contributed by atoms with E-state index in [-0.39, 0.29) is 11.8 Å². The number of carbonyl (C=O) groups is 1. The van der Waals surface area contributed by atoms with Gasteiger partial charge < -0.3 is 20.9 Å². The summed E-state index contributed by atoms with van der Waals surface area (Å²) in [5.41, 5.74) is 8.06. The number of carboxylic acids is 1. The molecule has 4 rings (SSSR count). The normalized spacial score (nSPS) is 11.0. The summed E-state index contributed by atoms with van der Waals surface area (Å²) in [6.07, 6.45) is 4.78. The van der Waals surface area contributed by atoms with Crippen molar-refractivity contribution >= 4 is 23.6 Å². The number of amidine groups is 1. The molecule has 0 fully saturated rings. The summed E-state index contributed by atoms with van der Waals surface area (Å²) in [6.45, 7) is 4.93. The molecular formula is C25H26N8O4. The fourth-order valence-corrected chi connectivity index (χ4v) is 3.28. The third kappa shape index (κ3) is 6.88. The average Bonchev–Trinajstić information content (AvgIpc) is 3.28. The van der Waals surface area contributed by atoms with Crippen molar-refractivity contribution in [2.24, 2.45) is 5.73 Å². The Kier molecular flexibility index (Phi) is 8.49. The van der Waals surface area contributed by atoms with Crippen molar-refractivity contribution in [3.63, 3.8) is 0 Å². The summed E-state index contributed by atoms with van der Waals surface area (Å²) in [5.74, 6) is 0.292. The number of benzene rings is 2. The average molecular weight is 503 g/mol. The van der Waals surface area contributed by atoms with Crippen LogP contribution in [0.4, 0.5) is 5.69 Å². The molecule has 1 unspecified atom stereocenters. The Morgan fingerprint density at radius 1 is 1.24 bits per heavy atom. The van der Waals surface area contributed by atoms with Crippen LogP contribution < -0.4 is 21.5 Å². The summed E-state index contributed by atoms with van der Waals surface area (Å²) >= 11 is 0. The van der Waals surface area contributed by atoms with Gasteiger partial charge in [0.25, 0.3) is 11.9 Å². The highest BCUT2D eigenvalue weighted by Crippen LogP contribution is 2.29. The topological polar surface area (TPSA) is 185 Å². The van der Waals surface area contributed by atoms with Gasteiger partial charge in [0.1, 0.15) is 17.6 Å². The number of aliphatic carboxylic acids is 1. The number of methoxy groups -OCH3 is 1. The van der Waals surface area contributed by atoms with Gasteiger partial charge in [-0.2, -0.15) is 0 Å². The molecule has 4 aromatic rings. The molecule has 37 heavy (non-hydrogen) atoms. The van der Waals surface area contributed by atoms with Crippen molar-refractivity contribution < 1.29 is 14.6 Å². The summed E-state index contributed by atoms with van der Waals surface area (Å²) in [7, 11) is 1.58. The van der Waals surface area contributed by atoms with E-state index in [9.17, 15) is 4.79 Å². The molecule has 12 heteroatoms. The van der Waals surface area contributed by atoms with E-state index < -0.39 is 17.7 Å². The molecule has 2 aromatic carbocycles. The van der Waals surface area contributed by atoms with Crippen LogP contribution in [0.3, 0.4) is 0 Å². The van der Waals surface area contributed by atoms with Gasteiger partial charge >= 0.3 is 5.69 Å². The van der Waals surface area contributed by atoms with Crippen LogP contribution in [-0.4, -0.2) is 48.8 Å². The minimum Gasteiger partial charge on any atom is -0.497 e. The zero-order chi connectivity index (χ0) is 26.9. The van der Waals surface area contributed by atoms with Crippen molar-refractivity contribution in [1.29, 1.82) is 5.41 Å². The Balaban J connectivity index is 0.000000886. The molecule has 0 amide bonds. The van der Waals surface area contributed by atoms with Crippen LogP contribution in [0.5, 0.6) is 5.75 Å². The van der Waals surface area contributed by atoms with Crippen LogP contribution in [-0.2, 0) is 4.79 Å². The van der Waals surface area contributed by atoms with Crippen LogP contribution in [0.2, 0.25) is 0 Å². The molecule has 12 nitrogen and oxygen atoms in total. The summed E-state index contributed by atoms with van der Waals surface area (Å²) in [5, 5.41) is 22.8. The predicted molar refractivity (Wildman–Crippen MR) is 139 cm³/mol. The monoisotopic (exact) mass is 502 g/mol. The zero-order valence-corrected chi connectivity index (χ0v) is 20.2. The van der Waals surface area contributed by atoms with Gasteiger partial charge in [-0.1, -0.05) is 12.7 Å². The lowest BCUT2D eigenvalue weighted by atomic mass is 10.0. The van der Waals surface area contributed by atoms with E-state index in [1.165, 1.54) is 12.4 Å². The molecule has 6 N–H and O–H groups in total. The Labute approximate surface area is 212 Å². The van der Waals surface area contributed by atoms with Gasteiger partial charge in [-0.05, 0) is 59.7 Å². The molecule has 0 bridgehead atoms. The second kappa shape index (κ2) is 11.9. The molecule has 0 spiro atoms. The van der Waals surface area contributed by atoms with E-state index in [4.69, 9.17) is 25.8 Å². The lowest BCUT2D eigenvalue weighted by Gasteiger charge is -2.20. The first-order valence-electron chi connectivity index (χ1n) is 10.9. The number of nitrogen functional groups attached to an aromatic ring is 1. The summed E-state index contributed by atoms with van der Waals surface area (Å²) in [4.78, 5) is 32.7. The smallest absolute Gasteiger partial charge is 0.350 e. The zero-order valence-electron chi connectivity index (χ0n) is 20.2. The third-order valence-corrected chi connectivity index (χ3v) is 4.91. The first kappa shape index (κ1) is 26.3. The highest BCUT2D eigenvalue weighted by molar-refractivity contribution is 5.95. The number of H-pyrrole nitrogens is 1. The Morgan fingerprint density at radius 3 is 2.46 bits per heavy atom.